The van der Waals surface area contributed by atoms with E-state index >= 15 is 0 Å². The molecule has 0 fully saturated rings. The van der Waals surface area contributed by atoms with E-state index in [4.69, 9.17) is 26.2 Å². The first-order valence-electron chi connectivity index (χ1n) is 10.9. The maximum atomic E-state index is 9.76. The van der Waals surface area contributed by atoms with Gasteiger partial charge in [-0.25, -0.2) is 4.98 Å². The third kappa shape index (κ3) is 6.17. The number of allylic oxidation sites excluding steroid dienone is 1. The van der Waals surface area contributed by atoms with Crippen molar-refractivity contribution >= 4 is 11.8 Å². The number of hydrogen-bond acceptors (Lipinski definition) is 8. The molecule has 1 aromatic heterocycles. The number of rotatable bonds is 9. The molecule has 0 unspecified atom stereocenters. The Kier molecular flexibility index (Phi) is 7.59. The molecule has 8 nitrogen and oxygen atoms in total. The molecule has 3 rings (SSSR count). The van der Waals surface area contributed by atoms with Crippen molar-refractivity contribution in [2.45, 2.75) is 27.2 Å². The van der Waals surface area contributed by atoms with Crippen LogP contribution in [0.3, 0.4) is 0 Å². The van der Waals surface area contributed by atoms with Gasteiger partial charge in [0.25, 0.3) is 0 Å². The highest BCUT2D eigenvalue weighted by atomic mass is 16.5. The van der Waals surface area contributed by atoms with Crippen LogP contribution in [0.1, 0.15) is 31.9 Å². The highest BCUT2D eigenvalue weighted by Crippen LogP contribution is 2.41. The van der Waals surface area contributed by atoms with E-state index in [2.05, 4.69) is 9.97 Å². The van der Waals surface area contributed by atoms with Crippen molar-refractivity contribution in [2.24, 2.45) is 5.41 Å². The minimum atomic E-state index is -0.376. The average molecular weight is 460 g/mol. The zero-order valence-electron chi connectivity index (χ0n) is 19.6. The Labute approximate surface area is 199 Å². The lowest BCUT2D eigenvalue weighted by Crippen LogP contribution is -2.19. The normalized spacial score (nSPS) is 11.4. The van der Waals surface area contributed by atoms with Crippen LogP contribution in [0.25, 0.3) is 11.1 Å². The largest absolute Gasteiger partial charge is 0.508 e. The molecule has 3 aromatic rings. The summed E-state index contributed by atoms with van der Waals surface area (Å²) < 4.78 is 12.3. The second kappa shape index (κ2) is 10.6. The second-order valence-corrected chi connectivity index (χ2v) is 8.50. The predicted octanol–water partition coefficient (Wildman–Crippen LogP) is 4.49. The number of phenolic OH excluding ortho intramolecular Hbond substituents is 1. The van der Waals surface area contributed by atoms with Crippen LogP contribution in [0, 0.1) is 16.7 Å². The van der Waals surface area contributed by atoms with Crippen molar-refractivity contribution < 1.29 is 14.6 Å². The number of nitrogens with two attached hydrogens (primary N) is 2. The van der Waals surface area contributed by atoms with Crippen molar-refractivity contribution in [3.8, 4) is 34.4 Å². The molecule has 5 N–H and O–H groups in total. The summed E-state index contributed by atoms with van der Waals surface area (Å²) in [5, 5.41) is 18.7. The Morgan fingerprint density at radius 1 is 1.12 bits per heavy atom. The molecule has 2 aromatic carbocycles. The molecule has 0 aliphatic carbocycles. The number of hydrogen-bond donors (Lipinski definition) is 3. The standard InChI is InChI=1S/C26H29N5O3/c1-4-33-21-13-17(12-19-15-30-25(29)31-24(19)28)14-22(34-16-26(2,3)10-5-11-27)23(21)18-6-8-20(32)9-7-18/h5-10,13-15,32H,4,12,16H2,1-3H3,(H4,28,29,30,31). The first kappa shape index (κ1) is 24.4. The lowest BCUT2D eigenvalue weighted by Gasteiger charge is -2.23. The topological polar surface area (TPSA) is 140 Å². The molecule has 0 saturated heterocycles. The summed E-state index contributed by atoms with van der Waals surface area (Å²) in [6.07, 6.45) is 5.33. The monoisotopic (exact) mass is 459 g/mol. The highest BCUT2D eigenvalue weighted by Gasteiger charge is 2.20. The second-order valence-electron chi connectivity index (χ2n) is 8.50. The zero-order valence-corrected chi connectivity index (χ0v) is 19.6. The summed E-state index contributed by atoms with van der Waals surface area (Å²) in [6, 6.07) is 12.8. The molecular weight excluding hydrogens is 430 g/mol. The van der Waals surface area contributed by atoms with Gasteiger partial charge in [-0.15, -0.1) is 0 Å². The molecule has 0 aliphatic heterocycles. The van der Waals surface area contributed by atoms with Gasteiger partial charge in [0.1, 0.15) is 23.1 Å². The Morgan fingerprint density at radius 2 is 1.79 bits per heavy atom. The number of phenols is 1. The van der Waals surface area contributed by atoms with Gasteiger partial charge in [-0.05, 0) is 42.3 Å². The van der Waals surface area contributed by atoms with Crippen LogP contribution in [0.2, 0.25) is 0 Å². The minimum Gasteiger partial charge on any atom is -0.508 e. The number of nitrogens with zero attached hydrogens (tertiary/aromatic N) is 3. The van der Waals surface area contributed by atoms with E-state index in [1.165, 1.54) is 6.08 Å². The number of ether oxygens (including phenoxy) is 2. The fraction of sp³-hybridized carbons (Fsp3) is 0.269. The number of nitrogen functional groups attached to an aromatic ring is 2. The maximum absolute atomic E-state index is 9.76. The van der Waals surface area contributed by atoms with Gasteiger partial charge in [0.05, 0.1) is 24.8 Å². The average Bonchev–Trinajstić information content (AvgIpc) is 2.79. The molecule has 0 bridgehead atoms. The summed E-state index contributed by atoms with van der Waals surface area (Å²) >= 11 is 0. The van der Waals surface area contributed by atoms with E-state index in [1.54, 1.807) is 18.3 Å². The molecule has 34 heavy (non-hydrogen) atoms. The lowest BCUT2D eigenvalue weighted by atomic mass is 9.94. The van der Waals surface area contributed by atoms with Crippen LogP contribution in [-0.4, -0.2) is 28.3 Å². The van der Waals surface area contributed by atoms with Crippen molar-refractivity contribution in [3.05, 3.63) is 65.9 Å². The smallest absolute Gasteiger partial charge is 0.221 e. The first-order valence-corrected chi connectivity index (χ1v) is 10.9. The van der Waals surface area contributed by atoms with Gasteiger partial charge in [0, 0.05) is 29.7 Å². The fourth-order valence-corrected chi connectivity index (χ4v) is 3.41. The summed E-state index contributed by atoms with van der Waals surface area (Å²) in [7, 11) is 0. The van der Waals surface area contributed by atoms with Gasteiger partial charge in [-0.3, -0.25) is 0 Å². The van der Waals surface area contributed by atoms with Crippen LogP contribution in [0.15, 0.2) is 54.7 Å². The lowest BCUT2D eigenvalue weighted by molar-refractivity contribution is 0.221. The van der Waals surface area contributed by atoms with Gasteiger partial charge >= 0.3 is 0 Å². The van der Waals surface area contributed by atoms with Crippen molar-refractivity contribution in [1.82, 2.24) is 9.97 Å². The summed E-state index contributed by atoms with van der Waals surface area (Å²) in [4.78, 5) is 8.10. The number of anilines is 2. The van der Waals surface area contributed by atoms with Gasteiger partial charge < -0.3 is 26.0 Å². The number of aromatic nitrogens is 2. The number of nitriles is 1. The maximum Gasteiger partial charge on any atom is 0.221 e. The van der Waals surface area contributed by atoms with Crippen LogP contribution >= 0.6 is 0 Å². The van der Waals surface area contributed by atoms with Crippen LogP contribution < -0.4 is 20.9 Å². The van der Waals surface area contributed by atoms with E-state index in [-0.39, 0.29) is 17.1 Å². The van der Waals surface area contributed by atoms with Crippen molar-refractivity contribution in [1.29, 1.82) is 5.26 Å². The number of benzene rings is 2. The van der Waals surface area contributed by atoms with E-state index < -0.39 is 0 Å². The SMILES string of the molecule is CCOc1cc(Cc2cnc(N)nc2N)cc(OCC(C)(C)C=CC#N)c1-c1ccc(O)cc1. The predicted molar refractivity (Wildman–Crippen MR) is 132 cm³/mol. The molecular formula is C26H29N5O3. The summed E-state index contributed by atoms with van der Waals surface area (Å²) in [5.41, 5.74) is 14.5. The quantitative estimate of drug-likeness (QED) is 0.398. The van der Waals surface area contributed by atoms with Crippen molar-refractivity contribution in [2.75, 3.05) is 24.7 Å². The van der Waals surface area contributed by atoms with E-state index in [0.29, 0.717) is 37.0 Å². The zero-order chi connectivity index (χ0) is 24.7. The summed E-state index contributed by atoms with van der Waals surface area (Å²) in [6.45, 7) is 6.67. The third-order valence-corrected chi connectivity index (χ3v) is 5.10. The molecule has 0 radical (unpaired) electrons. The van der Waals surface area contributed by atoms with E-state index in [9.17, 15) is 5.11 Å². The molecule has 0 atom stereocenters. The summed E-state index contributed by atoms with van der Waals surface area (Å²) in [5.74, 6) is 1.86. The van der Waals surface area contributed by atoms with E-state index in [0.717, 1.165) is 22.3 Å². The molecule has 0 spiro atoms. The van der Waals surface area contributed by atoms with Crippen LogP contribution in [0.4, 0.5) is 11.8 Å². The third-order valence-electron chi connectivity index (χ3n) is 5.10. The van der Waals surface area contributed by atoms with E-state index in [1.807, 2.05) is 57.2 Å². The number of aromatic hydroxyl groups is 1. The van der Waals surface area contributed by atoms with Crippen LogP contribution in [-0.2, 0) is 6.42 Å². The fourth-order valence-electron chi connectivity index (χ4n) is 3.41. The molecule has 0 amide bonds. The first-order chi connectivity index (χ1) is 16.2. The molecule has 0 saturated carbocycles. The van der Waals surface area contributed by atoms with Crippen LogP contribution in [0.5, 0.6) is 17.2 Å². The molecule has 8 heteroatoms. The molecule has 0 aliphatic rings. The van der Waals surface area contributed by atoms with Gasteiger partial charge in [0.2, 0.25) is 5.95 Å². The van der Waals surface area contributed by atoms with Gasteiger partial charge in [-0.2, -0.15) is 10.2 Å². The van der Waals surface area contributed by atoms with Crippen molar-refractivity contribution in [3.63, 3.8) is 0 Å². The Balaban J connectivity index is 2.09. The molecule has 1 heterocycles. The Bertz CT molecular complexity index is 1210. The minimum absolute atomic E-state index is 0.121. The van der Waals surface area contributed by atoms with Gasteiger partial charge in [-0.1, -0.05) is 32.1 Å². The Morgan fingerprint density at radius 3 is 2.41 bits per heavy atom. The highest BCUT2D eigenvalue weighted by molar-refractivity contribution is 5.78. The van der Waals surface area contributed by atoms with Gasteiger partial charge in [0.15, 0.2) is 0 Å². The Hall–Kier alpha value is -4.25. The molecule has 176 valence electrons.